The Kier molecular flexibility index (Phi) is 4.10. The van der Waals surface area contributed by atoms with Crippen LogP contribution >= 0.6 is 11.6 Å². The first kappa shape index (κ1) is 13.9. The Morgan fingerprint density at radius 1 is 1.47 bits per heavy atom. The van der Waals surface area contributed by atoms with Crippen LogP contribution in [-0.2, 0) is 9.59 Å². The van der Waals surface area contributed by atoms with Crippen LogP contribution in [0.5, 0.6) is 0 Å². The maximum Gasteiger partial charge on any atom is 0.227 e. The zero-order chi connectivity index (χ0) is 14.0. The molecule has 0 spiro atoms. The van der Waals surface area contributed by atoms with Gasteiger partial charge < -0.3 is 10.2 Å². The second-order valence-electron chi connectivity index (χ2n) is 5.05. The molecule has 2 rings (SSSR count). The number of carbonyl (C=O) groups is 2. The number of nitrogens with zero attached hydrogens (tertiary/aromatic N) is 1. The maximum absolute atomic E-state index is 12.0. The van der Waals surface area contributed by atoms with Gasteiger partial charge in [0.2, 0.25) is 11.8 Å². The van der Waals surface area contributed by atoms with Crippen molar-refractivity contribution in [3.8, 4) is 0 Å². The Hall–Kier alpha value is -1.55. The van der Waals surface area contributed by atoms with Crippen LogP contribution in [0.4, 0.5) is 5.69 Å². The predicted octanol–water partition coefficient (Wildman–Crippen LogP) is 2.22. The summed E-state index contributed by atoms with van der Waals surface area (Å²) in [5.74, 6) is -0.382. The standard InChI is InChI=1S/C14H17ClN2O2/c1-9(2)16-14(19)10-6-13(18)17(8-10)12-5-3-4-11(15)7-12/h3-5,7,9-10H,6,8H2,1-2H3,(H,16,19). The summed E-state index contributed by atoms with van der Waals surface area (Å²) in [4.78, 5) is 25.5. The lowest BCUT2D eigenvalue weighted by molar-refractivity contribution is -0.126. The van der Waals surface area contributed by atoms with Crippen molar-refractivity contribution in [2.24, 2.45) is 5.92 Å². The fraction of sp³-hybridized carbons (Fsp3) is 0.429. The summed E-state index contributed by atoms with van der Waals surface area (Å²) >= 11 is 5.92. The van der Waals surface area contributed by atoms with E-state index in [1.165, 1.54) is 0 Å². The number of carbonyl (C=O) groups excluding carboxylic acids is 2. The third-order valence-corrected chi connectivity index (χ3v) is 3.28. The number of amides is 2. The minimum absolute atomic E-state index is 0.0360. The van der Waals surface area contributed by atoms with E-state index in [-0.39, 0.29) is 30.2 Å². The van der Waals surface area contributed by atoms with Gasteiger partial charge in [-0.05, 0) is 32.0 Å². The Bertz CT molecular complexity index is 502. The summed E-state index contributed by atoms with van der Waals surface area (Å²) in [5, 5.41) is 3.43. The number of nitrogens with one attached hydrogen (secondary N) is 1. The van der Waals surface area contributed by atoms with Crippen LogP contribution in [0.1, 0.15) is 20.3 Å². The molecule has 19 heavy (non-hydrogen) atoms. The monoisotopic (exact) mass is 280 g/mol. The second-order valence-corrected chi connectivity index (χ2v) is 5.48. The quantitative estimate of drug-likeness (QED) is 0.923. The fourth-order valence-corrected chi connectivity index (χ4v) is 2.36. The van der Waals surface area contributed by atoms with Gasteiger partial charge in [-0.15, -0.1) is 0 Å². The molecule has 4 nitrogen and oxygen atoms in total. The van der Waals surface area contributed by atoms with Gasteiger partial charge in [0, 0.05) is 29.7 Å². The molecule has 0 bridgehead atoms. The number of hydrogen-bond donors (Lipinski definition) is 1. The number of benzene rings is 1. The summed E-state index contributed by atoms with van der Waals surface area (Å²) in [5.41, 5.74) is 0.748. The van der Waals surface area contributed by atoms with E-state index in [0.717, 1.165) is 5.69 Å². The smallest absolute Gasteiger partial charge is 0.227 e. The largest absolute Gasteiger partial charge is 0.354 e. The van der Waals surface area contributed by atoms with Crippen LogP contribution in [0.3, 0.4) is 0 Å². The number of halogens is 1. The third kappa shape index (κ3) is 3.26. The highest BCUT2D eigenvalue weighted by Gasteiger charge is 2.35. The summed E-state index contributed by atoms with van der Waals surface area (Å²) in [6, 6.07) is 7.21. The maximum atomic E-state index is 12.0. The molecule has 102 valence electrons. The minimum atomic E-state index is -0.283. The fourth-order valence-electron chi connectivity index (χ4n) is 2.18. The average Bonchev–Trinajstić information content (AvgIpc) is 2.70. The van der Waals surface area contributed by atoms with Crippen LogP contribution in [0.25, 0.3) is 0 Å². The van der Waals surface area contributed by atoms with Gasteiger partial charge in [0.15, 0.2) is 0 Å². The predicted molar refractivity (Wildman–Crippen MR) is 75.2 cm³/mol. The van der Waals surface area contributed by atoms with Gasteiger partial charge in [-0.3, -0.25) is 9.59 Å². The molecular formula is C14H17ClN2O2. The molecule has 0 aliphatic carbocycles. The molecule has 0 saturated carbocycles. The Balaban J connectivity index is 2.10. The van der Waals surface area contributed by atoms with Gasteiger partial charge in [-0.2, -0.15) is 0 Å². The number of rotatable bonds is 3. The highest BCUT2D eigenvalue weighted by atomic mass is 35.5. The van der Waals surface area contributed by atoms with E-state index in [4.69, 9.17) is 11.6 Å². The zero-order valence-electron chi connectivity index (χ0n) is 11.0. The van der Waals surface area contributed by atoms with E-state index in [1.54, 1.807) is 23.1 Å². The van der Waals surface area contributed by atoms with Gasteiger partial charge >= 0.3 is 0 Å². The first-order chi connectivity index (χ1) is 8.97. The van der Waals surface area contributed by atoms with Crippen molar-refractivity contribution in [3.63, 3.8) is 0 Å². The molecule has 1 unspecified atom stereocenters. The van der Waals surface area contributed by atoms with Crippen LogP contribution in [-0.4, -0.2) is 24.4 Å². The summed E-state index contributed by atoms with van der Waals surface area (Å²) in [6.45, 7) is 4.23. The number of anilines is 1. The van der Waals surface area contributed by atoms with Crippen molar-refractivity contribution < 1.29 is 9.59 Å². The van der Waals surface area contributed by atoms with Crippen LogP contribution < -0.4 is 10.2 Å². The van der Waals surface area contributed by atoms with Gasteiger partial charge in [-0.1, -0.05) is 17.7 Å². The molecule has 0 aromatic heterocycles. The van der Waals surface area contributed by atoms with Crippen LogP contribution in [0, 0.1) is 5.92 Å². The van der Waals surface area contributed by atoms with Crippen molar-refractivity contribution in [1.29, 1.82) is 0 Å². The Morgan fingerprint density at radius 2 is 2.21 bits per heavy atom. The van der Waals surface area contributed by atoms with E-state index in [2.05, 4.69) is 5.32 Å². The van der Waals surface area contributed by atoms with Crippen molar-refractivity contribution in [2.45, 2.75) is 26.3 Å². The summed E-state index contributed by atoms with van der Waals surface area (Å²) in [7, 11) is 0. The lowest BCUT2D eigenvalue weighted by atomic mass is 10.1. The molecule has 1 fully saturated rings. The van der Waals surface area contributed by atoms with Crippen molar-refractivity contribution in [2.75, 3.05) is 11.4 Å². The molecule has 0 radical (unpaired) electrons. The van der Waals surface area contributed by atoms with E-state index < -0.39 is 0 Å². The van der Waals surface area contributed by atoms with Crippen molar-refractivity contribution in [3.05, 3.63) is 29.3 Å². The Morgan fingerprint density at radius 3 is 2.84 bits per heavy atom. The molecule has 1 N–H and O–H groups in total. The molecule has 1 aliphatic heterocycles. The first-order valence-electron chi connectivity index (χ1n) is 6.33. The Labute approximate surface area is 117 Å². The normalized spacial score (nSPS) is 19.1. The molecule has 1 saturated heterocycles. The summed E-state index contributed by atoms with van der Waals surface area (Å²) < 4.78 is 0. The van der Waals surface area contributed by atoms with Crippen molar-refractivity contribution >= 4 is 29.1 Å². The lowest BCUT2D eigenvalue weighted by Crippen LogP contribution is -2.36. The number of hydrogen-bond acceptors (Lipinski definition) is 2. The molecule has 1 heterocycles. The minimum Gasteiger partial charge on any atom is -0.354 e. The van der Waals surface area contributed by atoms with E-state index in [0.29, 0.717) is 11.6 Å². The van der Waals surface area contributed by atoms with E-state index in [1.807, 2.05) is 19.9 Å². The van der Waals surface area contributed by atoms with Crippen LogP contribution in [0.2, 0.25) is 5.02 Å². The topological polar surface area (TPSA) is 49.4 Å². The molecule has 1 atom stereocenters. The molecule has 2 amide bonds. The highest BCUT2D eigenvalue weighted by molar-refractivity contribution is 6.30. The van der Waals surface area contributed by atoms with Gasteiger partial charge in [-0.25, -0.2) is 0 Å². The third-order valence-electron chi connectivity index (χ3n) is 3.05. The molecule has 1 aliphatic rings. The second kappa shape index (κ2) is 5.61. The van der Waals surface area contributed by atoms with E-state index >= 15 is 0 Å². The van der Waals surface area contributed by atoms with Crippen LogP contribution in [0.15, 0.2) is 24.3 Å². The van der Waals surface area contributed by atoms with Crippen molar-refractivity contribution in [1.82, 2.24) is 5.32 Å². The van der Waals surface area contributed by atoms with E-state index in [9.17, 15) is 9.59 Å². The van der Waals surface area contributed by atoms with Gasteiger partial charge in [0.25, 0.3) is 0 Å². The van der Waals surface area contributed by atoms with Gasteiger partial charge in [0.1, 0.15) is 0 Å². The first-order valence-corrected chi connectivity index (χ1v) is 6.71. The zero-order valence-corrected chi connectivity index (χ0v) is 11.8. The van der Waals surface area contributed by atoms with Gasteiger partial charge in [0.05, 0.1) is 5.92 Å². The highest BCUT2D eigenvalue weighted by Crippen LogP contribution is 2.27. The summed E-state index contributed by atoms with van der Waals surface area (Å²) in [6.07, 6.45) is 0.255. The molecular weight excluding hydrogens is 264 g/mol. The molecule has 1 aromatic carbocycles. The SMILES string of the molecule is CC(C)NC(=O)C1CC(=O)N(c2cccc(Cl)c2)C1. The average molecular weight is 281 g/mol. The lowest BCUT2D eigenvalue weighted by Gasteiger charge is -2.17. The molecule has 5 heteroatoms. The molecule has 1 aromatic rings.